The Morgan fingerprint density at radius 2 is 1.68 bits per heavy atom. The molecule has 116 valence electrons. The molecular weight excluding hydrogens is 282 g/mol. The molecule has 1 saturated heterocycles. The molecule has 2 aromatic rings. The Kier molecular flexibility index (Phi) is 3.50. The number of nitrogens with zero attached hydrogens (tertiary/aromatic N) is 1. The van der Waals surface area contributed by atoms with Crippen molar-refractivity contribution < 1.29 is 13.9 Å². The van der Waals surface area contributed by atoms with Crippen molar-refractivity contribution in [2.24, 2.45) is 0 Å². The van der Waals surface area contributed by atoms with Crippen molar-refractivity contribution in [2.45, 2.75) is 32.2 Å². The number of hydrogen-bond donors (Lipinski definition) is 0. The maximum absolute atomic E-state index is 11.9. The molecule has 22 heavy (non-hydrogen) atoms. The molecule has 0 unspecified atom stereocenters. The highest BCUT2D eigenvalue weighted by molar-refractivity contribution is 5.84. The lowest BCUT2D eigenvalue weighted by Gasteiger charge is -2.20. The van der Waals surface area contributed by atoms with Crippen LogP contribution in [0, 0.1) is 0 Å². The fraction of sp³-hybridized carbons (Fsp3) is 0.471. The Bertz CT molecular complexity index is 744. The van der Waals surface area contributed by atoms with Gasteiger partial charge in [-0.2, -0.15) is 0 Å². The maximum Gasteiger partial charge on any atom is 0.336 e. The van der Waals surface area contributed by atoms with Gasteiger partial charge in [0.1, 0.15) is 5.58 Å². The van der Waals surface area contributed by atoms with Crippen LogP contribution in [0.4, 0.5) is 0 Å². The zero-order chi connectivity index (χ0) is 14.9. The molecule has 0 spiro atoms. The van der Waals surface area contributed by atoms with Crippen LogP contribution in [0.2, 0.25) is 0 Å². The molecule has 2 aliphatic rings. The average Bonchev–Trinajstić information content (AvgIpc) is 2.80. The zero-order valence-electron chi connectivity index (χ0n) is 12.5. The summed E-state index contributed by atoms with van der Waals surface area (Å²) in [4.78, 5) is 14.3. The van der Waals surface area contributed by atoms with E-state index < -0.39 is 0 Å². The standard InChI is InChI=1S/C17H19NO4/c19-17-7-12(10-18-5-3-1-2-4-6-18)13-8-15-16(21-11-20-15)9-14(13)22-17/h7-9H,1-6,10-11H2. The summed E-state index contributed by atoms with van der Waals surface area (Å²) in [5, 5.41) is 0.938. The van der Waals surface area contributed by atoms with Crippen LogP contribution in [0.25, 0.3) is 11.0 Å². The predicted molar refractivity (Wildman–Crippen MR) is 82.4 cm³/mol. The van der Waals surface area contributed by atoms with Gasteiger partial charge < -0.3 is 13.9 Å². The second-order valence-electron chi connectivity index (χ2n) is 5.98. The Morgan fingerprint density at radius 3 is 2.45 bits per heavy atom. The molecule has 5 nitrogen and oxygen atoms in total. The molecule has 2 aliphatic heterocycles. The summed E-state index contributed by atoms with van der Waals surface area (Å²) in [6.45, 7) is 3.18. The first-order valence-corrected chi connectivity index (χ1v) is 7.88. The van der Waals surface area contributed by atoms with E-state index in [1.54, 1.807) is 12.1 Å². The molecule has 0 atom stereocenters. The van der Waals surface area contributed by atoms with Gasteiger partial charge in [0.05, 0.1) is 0 Å². The molecule has 1 aromatic carbocycles. The predicted octanol–water partition coefficient (Wildman–Crippen LogP) is 2.90. The third-order valence-corrected chi connectivity index (χ3v) is 4.42. The minimum atomic E-state index is -0.309. The second-order valence-corrected chi connectivity index (χ2v) is 5.98. The van der Waals surface area contributed by atoms with E-state index in [4.69, 9.17) is 13.9 Å². The van der Waals surface area contributed by atoms with Crippen LogP contribution in [0.5, 0.6) is 11.5 Å². The number of fused-ring (bicyclic) bond motifs is 2. The van der Waals surface area contributed by atoms with Crippen molar-refractivity contribution >= 4 is 11.0 Å². The quantitative estimate of drug-likeness (QED) is 0.798. The average molecular weight is 301 g/mol. The van der Waals surface area contributed by atoms with Crippen LogP contribution in [0.3, 0.4) is 0 Å². The van der Waals surface area contributed by atoms with Gasteiger partial charge in [-0.05, 0) is 37.6 Å². The summed E-state index contributed by atoms with van der Waals surface area (Å²) in [7, 11) is 0. The summed E-state index contributed by atoms with van der Waals surface area (Å²) < 4.78 is 16.1. The minimum absolute atomic E-state index is 0.220. The molecule has 5 heteroatoms. The fourth-order valence-electron chi connectivity index (χ4n) is 3.28. The number of ether oxygens (including phenoxy) is 2. The molecule has 0 radical (unpaired) electrons. The molecule has 1 fully saturated rings. The molecule has 0 N–H and O–H groups in total. The van der Waals surface area contributed by atoms with Gasteiger partial charge in [-0.25, -0.2) is 4.79 Å². The molecule has 0 amide bonds. The first kappa shape index (κ1) is 13.6. The van der Waals surface area contributed by atoms with Gasteiger partial charge in [0.2, 0.25) is 6.79 Å². The van der Waals surface area contributed by atoms with E-state index in [1.807, 2.05) is 6.07 Å². The Balaban J connectivity index is 1.74. The van der Waals surface area contributed by atoms with E-state index in [1.165, 1.54) is 25.7 Å². The molecule has 1 aromatic heterocycles. The van der Waals surface area contributed by atoms with Crippen LogP contribution >= 0.6 is 0 Å². The van der Waals surface area contributed by atoms with Gasteiger partial charge >= 0.3 is 5.63 Å². The molecule has 0 bridgehead atoms. The van der Waals surface area contributed by atoms with Gasteiger partial charge in [0, 0.05) is 24.1 Å². The third kappa shape index (κ3) is 2.57. The Morgan fingerprint density at radius 1 is 0.955 bits per heavy atom. The summed E-state index contributed by atoms with van der Waals surface area (Å²) in [5.41, 5.74) is 1.27. The summed E-state index contributed by atoms with van der Waals surface area (Å²) in [5.74, 6) is 1.36. The van der Waals surface area contributed by atoms with Gasteiger partial charge in [-0.1, -0.05) is 12.8 Å². The van der Waals surface area contributed by atoms with Crippen LogP contribution in [0.15, 0.2) is 27.4 Å². The Labute approximate surface area is 128 Å². The molecule has 0 saturated carbocycles. The third-order valence-electron chi connectivity index (χ3n) is 4.42. The SMILES string of the molecule is O=c1cc(CN2CCCCCC2)c2cc3c(cc2o1)OCO3. The molecule has 0 aliphatic carbocycles. The van der Waals surface area contributed by atoms with Gasteiger partial charge in [-0.15, -0.1) is 0 Å². The number of rotatable bonds is 2. The van der Waals surface area contributed by atoms with E-state index in [0.29, 0.717) is 11.3 Å². The summed E-state index contributed by atoms with van der Waals surface area (Å²) in [6, 6.07) is 5.29. The highest BCUT2D eigenvalue weighted by atomic mass is 16.7. The van der Waals surface area contributed by atoms with Crippen LogP contribution in [0.1, 0.15) is 31.2 Å². The Hall–Kier alpha value is -2.01. The van der Waals surface area contributed by atoms with E-state index in [2.05, 4.69) is 4.90 Å². The maximum atomic E-state index is 11.9. The lowest BCUT2D eigenvalue weighted by molar-refractivity contribution is 0.174. The molecule has 3 heterocycles. The first-order chi connectivity index (χ1) is 10.8. The number of benzene rings is 1. The second kappa shape index (κ2) is 5.65. The fourth-order valence-corrected chi connectivity index (χ4v) is 3.28. The highest BCUT2D eigenvalue weighted by Gasteiger charge is 2.19. The van der Waals surface area contributed by atoms with Crippen LogP contribution in [-0.2, 0) is 6.54 Å². The van der Waals surface area contributed by atoms with Gasteiger partial charge in [0.25, 0.3) is 0 Å². The topological polar surface area (TPSA) is 51.9 Å². The molecular formula is C17H19NO4. The van der Waals surface area contributed by atoms with Crippen molar-refractivity contribution in [1.29, 1.82) is 0 Å². The number of likely N-dealkylation sites (tertiary alicyclic amines) is 1. The minimum Gasteiger partial charge on any atom is -0.454 e. The first-order valence-electron chi connectivity index (χ1n) is 7.88. The summed E-state index contributed by atoms with van der Waals surface area (Å²) >= 11 is 0. The van der Waals surface area contributed by atoms with Crippen LogP contribution < -0.4 is 15.1 Å². The zero-order valence-corrected chi connectivity index (χ0v) is 12.5. The van der Waals surface area contributed by atoms with Crippen molar-refractivity contribution in [3.63, 3.8) is 0 Å². The normalized spacial score (nSPS) is 18.5. The molecule has 4 rings (SSSR count). The monoisotopic (exact) mass is 301 g/mol. The smallest absolute Gasteiger partial charge is 0.336 e. The van der Waals surface area contributed by atoms with Crippen LogP contribution in [-0.4, -0.2) is 24.8 Å². The van der Waals surface area contributed by atoms with Crippen molar-refractivity contribution in [1.82, 2.24) is 4.90 Å². The van der Waals surface area contributed by atoms with E-state index in [9.17, 15) is 4.79 Å². The van der Waals surface area contributed by atoms with E-state index >= 15 is 0 Å². The highest BCUT2D eigenvalue weighted by Crippen LogP contribution is 2.36. The largest absolute Gasteiger partial charge is 0.454 e. The number of hydrogen-bond acceptors (Lipinski definition) is 5. The van der Waals surface area contributed by atoms with Crippen molar-refractivity contribution in [3.05, 3.63) is 34.2 Å². The van der Waals surface area contributed by atoms with Gasteiger partial charge in [0.15, 0.2) is 11.5 Å². The lowest BCUT2D eigenvalue weighted by atomic mass is 10.1. The van der Waals surface area contributed by atoms with Crippen molar-refractivity contribution in [2.75, 3.05) is 19.9 Å². The summed E-state index contributed by atoms with van der Waals surface area (Å²) in [6.07, 6.45) is 5.05. The van der Waals surface area contributed by atoms with Crippen molar-refractivity contribution in [3.8, 4) is 11.5 Å². The van der Waals surface area contributed by atoms with Gasteiger partial charge in [-0.3, -0.25) is 4.90 Å². The lowest BCUT2D eigenvalue weighted by Crippen LogP contribution is -2.24. The van der Waals surface area contributed by atoms with E-state index in [-0.39, 0.29) is 12.4 Å². The van der Waals surface area contributed by atoms with E-state index in [0.717, 1.165) is 36.3 Å².